The second-order valence-electron chi connectivity index (χ2n) is 4.27. The molecule has 0 spiro atoms. The quantitative estimate of drug-likeness (QED) is 0.363. The smallest absolute Gasteiger partial charge is 0.253 e. The number of amides is 1. The van der Waals surface area contributed by atoms with Crippen LogP contribution in [-0.4, -0.2) is 64.8 Å². The van der Waals surface area contributed by atoms with Gasteiger partial charge in [0.1, 0.15) is 18.3 Å². The largest absolute Gasteiger partial charge is 0.388 e. The van der Waals surface area contributed by atoms with Gasteiger partial charge in [0, 0.05) is 6.54 Å². The molecular weight excluding hydrogens is 311 g/mol. The molecule has 116 valence electrons. The number of halogens is 2. The fraction of sp³-hybridized carbons (Fsp3) is 0.727. The summed E-state index contributed by atoms with van der Waals surface area (Å²) >= 11 is 10.8. The first-order valence-corrected chi connectivity index (χ1v) is 6.81. The standard InChI is InChI=1S/C11H18Cl2N2O5/c1-2-3-19-11-6(14)8(17)7(16)5(20-11)4-15-10(18)9(12)13/h2,5-9,11,16-17H,1,3-4,14H2,(H,15,18)/t5-,6-,7-,8-,11?/m1/s1. The Hall–Kier alpha value is -0.410. The number of aliphatic hydroxyl groups is 2. The Morgan fingerprint density at radius 3 is 2.70 bits per heavy atom. The Kier molecular flexibility index (Phi) is 7.18. The van der Waals surface area contributed by atoms with Crippen molar-refractivity contribution >= 4 is 29.1 Å². The maximum Gasteiger partial charge on any atom is 0.253 e. The van der Waals surface area contributed by atoms with Crippen molar-refractivity contribution in [3.63, 3.8) is 0 Å². The van der Waals surface area contributed by atoms with E-state index >= 15 is 0 Å². The first-order valence-electron chi connectivity index (χ1n) is 5.94. The average Bonchev–Trinajstić information content (AvgIpc) is 2.42. The molecule has 20 heavy (non-hydrogen) atoms. The molecule has 1 saturated heterocycles. The molecule has 5 N–H and O–H groups in total. The molecular formula is C11H18Cl2N2O5. The fourth-order valence-corrected chi connectivity index (χ4v) is 1.87. The van der Waals surface area contributed by atoms with Crippen LogP contribution in [-0.2, 0) is 14.3 Å². The molecule has 5 atom stereocenters. The number of alkyl halides is 2. The van der Waals surface area contributed by atoms with E-state index in [4.69, 9.17) is 38.4 Å². The first kappa shape index (κ1) is 17.6. The molecule has 0 radical (unpaired) electrons. The summed E-state index contributed by atoms with van der Waals surface area (Å²) in [4.78, 5) is 10.0. The van der Waals surface area contributed by atoms with Gasteiger partial charge in [-0.25, -0.2) is 0 Å². The minimum absolute atomic E-state index is 0.0896. The van der Waals surface area contributed by atoms with Crippen LogP contribution in [0.4, 0.5) is 0 Å². The van der Waals surface area contributed by atoms with Gasteiger partial charge in [0.15, 0.2) is 11.1 Å². The van der Waals surface area contributed by atoms with Crippen molar-refractivity contribution in [3.05, 3.63) is 12.7 Å². The van der Waals surface area contributed by atoms with Crippen LogP contribution in [0.2, 0.25) is 0 Å². The van der Waals surface area contributed by atoms with Crippen molar-refractivity contribution in [3.8, 4) is 0 Å². The summed E-state index contributed by atoms with van der Waals surface area (Å²) in [7, 11) is 0. The number of rotatable bonds is 6. The Labute approximate surface area is 126 Å². The average molecular weight is 329 g/mol. The monoisotopic (exact) mass is 328 g/mol. The number of hydrogen-bond donors (Lipinski definition) is 4. The molecule has 0 aromatic heterocycles. The van der Waals surface area contributed by atoms with Gasteiger partial charge in [0.25, 0.3) is 5.91 Å². The Morgan fingerprint density at radius 1 is 1.50 bits per heavy atom. The van der Waals surface area contributed by atoms with Crippen LogP contribution < -0.4 is 11.1 Å². The second kappa shape index (κ2) is 8.14. The Bertz CT molecular complexity index is 345. The van der Waals surface area contributed by atoms with E-state index in [9.17, 15) is 15.0 Å². The van der Waals surface area contributed by atoms with Crippen LogP contribution in [0.15, 0.2) is 12.7 Å². The molecule has 1 aliphatic heterocycles. The summed E-state index contributed by atoms with van der Waals surface area (Å²) in [6.07, 6.45) is -2.83. The molecule has 0 saturated carbocycles. The zero-order valence-electron chi connectivity index (χ0n) is 10.6. The summed E-state index contributed by atoms with van der Waals surface area (Å²) in [6, 6.07) is -0.911. The molecule has 0 aliphatic carbocycles. The van der Waals surface area contributed by atoms with Crippen molar-refractivity contribution in [2.24, 2.45) is 5.73 Å². The van der Waals surface area contributed by atoms with Crippen LogP contribution in [0, 0.1) is 0 Å². The molecule has 1 heterocycles. The highest BCUT2D eigenvalue weighted by molar-refractivity contribution is 6.53. The first-order chi connectivity index (χ1) is 9.38. The van der Waals surface area contributed by atoms with E-state index in [1.165, 1.54) is 6.08 Å². The normalized spacial score (nSPS) is 34.0. The minimum atomic E-state index is -1.27. The molecule has 0 aromatic carbocycles. The van der Waals surface area contributed by atoms with Gasteiger partial charge in [-0.05, 0) is 0 Å². The lowest BCUT2D eigenvalue weighted by Crippen LogP contribution is -2.63. The summed E-state index contributed by atoms with van der Waals surface area (Å²) < 4.78 is 10.7. The lowest BCUT2D eigenvalue weighted by molar-refractivity contribution is -0.254. The maximum atomic E-state index is 11.2. The lowest BCUT2D eigenvalue weighted by Gasteiger charge is -2.40. The molecule has 0 aromatic rings. The summed E-state index contributed by atoms with van der Waals surface area (Å²) in [5.41, 5.74) is 5.70. The number of ether oxygens (including phenoxy) is 2. The fourth-order valence-electron chi connectivity index (χ4n) is 1.71. The van der Waals surface area contributed by atoms with Gasteiger partial charge in [-0.1, -0.05) is 29.3 Å². The second-order valence-corrected chi connectivity index (χ2v) is 5.37. The van der Waals surface area contributed by atoms with Gasteiger partial charge in [0.2, 0.25) is 0 Å². The Morgan fingerprint density at radius 2 is 2.15 bits per heavy atom. The van der Waals surface area contributed by atoms with Crippen LogP contribution >= 0.6 is 23.2 Å². The van der Waals surface area contributed by atoms with E-state index in [1.54, 1.807) is 0 Å². The number of nitrogens with one attached hydrogen (secondary N) is 1. The van der Waals surface area contributed by atoms with E-state index in [-0.39, 0.29) is 13.2 Å². The van der Waals surface area contributed by atoms with Gasteiger partial charge in [-0.3, -0.25) is 4.79 Å². The highest BCUT2D eigenvalue weighted by atomic mass is 35.5. The van der Waals surface area contributed by atoms with Gasteiger partial charge < -0.3 is 30.7 Å². The topological polar surface area (TPSA) is 114 Å². The summed E-state index contributed by atoms with van der Waals surface area (Å²) in [5.74, 6) is -0.628. The number of nitrogens with two attached hydrogens (primary N) is 1. The molecule has 1 fully saturated rings. The number of hydrogen-bond acceptors (Lipinski definition) is 6. The van der Waals surface area contributed by atoms with Crippen molar-refractivity contribution in [2.45, 2.75) is 35.5 Å². The van der Waals surface area contributed by atoms with Gasteiger partial charge in [-0.2, -0.15) is 0 Å². The zero-order valence-corrected chi connectivity index (χ0v) is 12.1. The third-order valence-corrected chi connectivity index (χ3v) is 3.20. The van der Waals surface area contributed by atoms with Crippen LogP contribution in [0.25, 0.3) is 0 Å². The minimum Gasteiger partial charge on any atom is -0.388 e. The van der Waals surface area contributed by atoms with Crippen molar-refractivity contribution in [1.29, 1.82) is 0 Å². The van der Waals surface area contributed by atoms with Crippen molar-refractivity contribution in [1.82, 2.24) is 5.32 Å². The van der Waals surface area contributed by atoms with E-state index in [1.807, 2.05) is 0 Å². The number of aliphatic hydroxyl groups excluding tert-OH is 2. The van der Waals surface area contributed by atoms with Crippen molar-refractivity contribution < 1.29 is 24.5 Å². The van der Waals surface area contributed by atoms with Crippen LogP contribution in [0.1, 0.15) is 0 Å². The van der Waals surface area contributed by atoms with Crippen LogP contribution in [0.5, 0.6) is 0 Å². The van der Waals surface area contributed by atoms with Gasteiger partial charge in [-0.15, -0.1) is 6.58 Å². The predicted octanol–water partition coefficient (Wildman–Crippen LogP) is -1.12. The Balaban J connectivity index is 2.60. The molecule has 1 rings (SSSR count). The van der Waals surface area contributed by atoms with Gasteiger partial charge in [0.05, 0.1) is 12.6 Å². The maximum absolute atomic E-state index is 11.2. The van der Waals surface area contributed by atoms with Crippen molar-refractivity contribution in [2.75, 3.05) is 13.2 Å². The zero-order chi connectivity index (χ0) is 15.3. The highest BCUT2D eigenvalue weighted by Gasteiger charge is 2.43. The molecule has 1 aliphatic rings. The van der Waals surface area contributed by atoms with E-state index in [2.05, 4.69) is 11.9 Å². The lowest BCUT2D eigenvalue weighted by atomic mass is 9.97. The van der Waals surface area contributed by atoms with Crippen LogP contribution in [0.3, 0.4) is 0 Å². The van der Waals surface area contributed by atoms with E-state index in [0.717, 1.165) is 0 Å². The molecule has 9 heteroatoms. The molecule has 7 nitrogen and oxygen atoms in total. The molecule has 0 bridgehead atoms. The highest BCUT2D eigenvalue weighted by Crippen LogP contribution is 2.20. The van der Waals surface area contributed by atoms with Gasteiger partial charge >= 0.3 is 0 Å². The van der Waals surface area contributed by atoms with E-state index < -0.39 is 41.4 Å². The summed E-state index contributed by atoms with van der Waals surface area (Å²) in [6.45, 7) is 3.57. The predicted molar refractivity (Wildman–Crippen MR) is 73.3 cm³/mol. The molecule has 1 unspecified atom stereocenters. The summed E-state index contributed by atoms with van der Waals surface area (Å²) in [5, 5.41) is 22.1. The van der Waals surface area contributed by atoms with E-state index in [0.29, 0.717) is 0 Å². The number of carbonyl (C=O) groups excluding carboxylic acids is 1. The third kappa shape index (κ3) is 4.56. The number of carbonyl (C=O) groups is 1. The molecule has 1 amide bonds. The SMILES string of the molecule is C=CCOC1O[C@H](CNC(=O)C(Cl)Cl)[C@@H](O)[C@H](O)[C@H]1N. The third-order valence-electron chi connectivity index (χ3n) is 2.80.